The number of aryl methyl sites for hydroxylation is 1. The molecule has 86 valence electrons. The van der Waals surface area contributed by atoms with E-state index < -0.39 is 0 Å². The van der Waals surface area contributed by atoms with Gasteiger partial charge in [-0.2, -0.15) is 5.10 Å². The van der Waals surface area contributed by atoms with Crippen molar-refractivity contribution in [3.63, 3.8) is 0 Å². The largest absolute Gasteiger partial charge is 0.330 e. The van der Waals surface area contributed by atoms with Gasteiger partial charge in [0.05, 0.1) is 18.0 Å². The van der Waals surface area contributed by atoms with E-state index in [0.29, 0.717) is 5.52 Å². The van der Waals surface area contributed by atoms with Crippen LogP contribution in [0.4, 0.5) is 0 Å². The van der Waals surface area contributed by atoms with Gasteiger partial charge in [0.15, 0.2) is 5.52 Å². The van der Waals surface area contributed by atoms with Gasteiger partial charge in [0, 0.05) is 30.1 Å². The third kappa shape index (κ3) is 1.37. The molecule has 0 aliphatic rings. The number of rotatable bonds is 2. The molecule has 3 rings (SSSR count). The fourth-order valence-electron chi connectivity index (χ4n) is 1.96. The normalized spacial score (nSPS) is 11.1. The molecule has 3 heterocycles. The Morgan fingerprint density at radius 3 is 3.00 bits per heavy atom. The Morgan fingerprint density at radius 2 is 2.29 bits per heavy atom. The third-order valence-corrected chi connectivity index (χ3v) is 2.81. The van der Waals surface area contributed by atoms with Gasteiger partial charge in [0.1, 0.15) is 0 Å². The SMILES string of the molecule is CCn1cnc2c(=O)[nH]cc(-c3cn[nH]c3)c21. The van der Waals surface area contributed by atoms with Gasteiger partial charge in [-0.1, -0.05) is 0 Å². The van der Waals surface area contributed by atoms with Crippen molar-refractivity contribution in [3.8, 4) is 11.1 Å². The Morgan fingerprint density at radius 1 is 1.41 bits per heavy atom. The van der Waals surface area contributed by atoms with Crippen LogP contribution in [0.5, 0.6) is 0 Å². The molecule has 0 atom stereocenters. The zero-order valence-corrected chi connectivity index (χ0v) is 9.27. The van der Waals surface area contributed by atoms with E-state index in [1.54, 1.807) is 24.9 Å². The van der Waals surface area contributed by atoms with Crippen LogP contribution in [0.1, 0.15) is 6.92 Å². The van der Waals surface area contributed by atoms with Gasteiger partial charge < -0.3 is 9.55 Å². The topological polar surface area (TPSA) is 79.4 Å². The van der Waals surface area contributed by atoms with Crippen LogP contribution in [0.25, 0.3) is 22.2 Å². The lowest BCUT2D eigenvalue weighted by molar-refractivity contribution is 0.787. The van der Waals surface area contributed by atoms with E-state index in [0.717, 1.165) is 23.2 Å². The molecule has 2 N–H and O–H groups in total. The van der Waals surface area contributed by atoms with Gasteiger partial charge >= 0.3 is 0 Å². The molecule has 0 aliphatic carbocycles. The molecule has 0 radical (unpaired) electrons. The highest BCUT2D eigenvalue weighted by Crippen LogP contribution is 2.24. The fraction of sp³-hybridized carbons (Fsp3) is 0.182. The smallest absolute Gasteiger partial charge is 0.276 e. The molecule has 0 saturated heterocycles. The molecule has 0 bridgehead atoms. The second kappa shape index (κ2) is 3.58. The molecular weight excluding hydrogens is 218 g/mol. The lowest BCUT2D eigenvalue weighted by Gasteiger charge is -2.04. The minimum Gasteiger partial charge on any atom is -0.330 e. The van der Waals surface area contributed by atoms with Crippen molar-refractivity contribution >= 4 is 11.0 Å². The Labute approximate surface area is 96.3 Å². The molecule has 0 unspecified atom stereocenters. The Bertz CT molecular complexity index is 707. The van der Waals surface area contributed by atoms with Crippen molar-refractivity contribution in [1.29, 1.82) is 0 Å². The molecule has 6 nitrogen and oxygen atoms in total. The molecule has 0 spiro atoms. The van der Waals surface area contributed by atoms with E-state index >= 15 is 0 Å². The number of nitrogens with one attached hydrogen (secondary N) is 2. The number of hydrogen-bond acceptors (Lipinski definition) is 3. The molecule has 0 fully saturated rings. The van der Waals surface area contributed by atoms with Crippen LogP contribution in [0.15, 0.2) is 29.7 Å². The highest BCUT2D eigenvalue weighted by molar-refractivity contribution is 5.90. The number of fused-ring (bicyclic) bond motifs is 1. The van der Waals surface area contributed by atoms with Gasteiger partial charge in [0.25, 0.3) is 5.56 Å². The fourth-order valence-corrected chi connectivity index (χ4v) is 1.96. The average Bonchev–Trinajstić information content (AvgIpc) is 2.98. The van der Waals surface area contributed by atoms with Crippen molar-refractivity contribution in [1.82, 2.24) is 24.7 Å². The summed E-state index contributed by atoms with van der Waals surface area (Å²) in [4.78, 5) is 18.5. The monoisotopic (exact) mass is 229 g/mol. The van der Waals surface area contributed by atoms with Crippen LogP contribution < -0.4 is 5.56 Å². The standard InChI is InChI=1S/C11H11N5O/c1-2-16-6-13-9-10(16)8(5-12-11(9)17)7-3-14-15-4-7/h3-6H,2H2,1H3,(H,12,17)(H,14,15). The zero-order chi connectivity index (χ0) is 11.8. The Kier molecular flexibility index (Phi) is 2.07. The minimum atomic E-state index is -0.167. The van der Waals surface area contributed by atoms with Gasteiger partial charge in [-0.05, 0) is 6.92 Å². The van der Waals surface area contributed by atoms with E-state index in [-0.39, 0.29) is 5.56 Å². The second-order valence-corrected chi connectivity index (χ2v) is 3.75. The number of nitrogens with zero attached hydrogens (tertiary/aromatic N) is 3. The number of aromatic amines is 2. The quantitative estimate of drug-likeness (QED) is 0.691. The molecule has 0 amide bonds. The molecule has 3 aromatic heterocycles. The van der Waals surface area contributed by atoms with Crippen molar-refractivity contribution in [2.75, 3.05) is 0 Å². The minimum absolute atomic E-state index is 0.167. The molecule has 0 aromatic carbocycles. The first kappa shape index (κ1) is 9.83. The van der Waals surface area contributed by atoms with E-state index in [1.807, 2.05) is 11.5 Å². The van der Waals surface area contributed by atoms with Gasteiger partial charge in [-0.15, -0.1) is 0 Å². The summed E-state index contributed by atoms with van der Waals surface area (Å²) in [5.41, 5.74) is 3.00. The number of pyridine rings is 1. The molecule has 3 aromatic rings. The summed E-state index contributed by atoms with van der Waals surface area (Å²) < 4.78 is 1.95. The van der Waals surface area contributed by atoms with Crippen molar-refractivity contribution in [3.05, 3.63) is 35.3 Å². The number of imidazole rings is 1. The van der Waals surface area contributed by atoms with E-state index in [1.165, 1.54) is 0 Å². The van der Waals surface area contributed by atoms with E-state index in [9.17, 15) is 4.79 Å². The molecular formula is C11H11N5O. The molecule has 0 aliphatic heterocycles. The van der Waals surface area contributed by atoms with Crippen LogP contribution in [-0.2, 0) is 6.54 Å². The van der Waals surface area contributed by atoms with Gasteiger partial charge in [-0.25, -0.2) is 4.98 Å². The van der Waals surface area contributed by atoms with Crippen molar-refractivity contribution in [2.45, 2.75) is 13.5 Å². The average molecular weight is 229 g/mol. The summed E-state index contributed by atoms with van der Waals surface area (Å²) in [5, 5.41) is 6.69. The predicted octanol–water partition coefficient (Wildman–Crippen LogP) is 1.13. The lowest BCUT2D eigenvalue weighted by atomic mass is 10.1. The summed E-state index contributed by atoms with van der Waals surface area (Å²) in [7, 11) is 0. The van der Waals surface area contributed by atoms with Gasteiger partial charge in [-0.3, -0.25) is 9.89 Å². The maximum Gasteiger partial charge on any atom is 0.276 e. The Balaban J connectivity index is 2.43. The van der Waals surface area contributed by atoms with E-state index in [2.05, 4.69) is 20.2 Å². The number of aromatic nitrogens is 5. The maximum absolute atomic E-state index is 11.7. The molecule has 17 heavy (non-hydrogen) atoms. The number of H-pyrrole nitrogens is 2. The first-order chi connectivity index (χ1) is 8.31. The number of hydrogen-bond donors (Lipinski definition) is 2. The summed E-state index contributed by atoms with van der Waals surface area (Å²) in [6, 6.07) is 0. The van der Waals surface area contributed by atoms with Crippen molar-refractivity contribution < 1.29 is 0 Å². The highest BCUT2D eigenvalue weighted by Gasteiger charge is 2.12. The van der Waals surface area contributed by atoms with Crippen LogP contribution in [-0.4, -0.2) is 24.7 Å². The molecule has 6 heteroatoms. The van der Waals surface area contributed by atoms with Crippen LogP contribution in [0.2, 0.25) is 0 Å². The predicted molar refractivity (Wildman–Crippen MR) is 63.6 cm³/mol. The second-order valence-electron chi connectivity index (χ2n) is 3.75. The summed E-state index contributed by atoms with van der Waals surface area (Å²) >= 11 is 0. The lowest BCUT2D eigenvalue weighted by Crippen LogP contribution is -2.07. The summed E-state index contributed by atoms with van der Waals surface area (Å²) in [6.07, 6.45) is 6.90. The van der Waals surface area contributed by atoms with Gasteiger partial charge in [0.2, 0.25) is 0 Å². The van der Waals surface area contributed by atoms with Crippen molar-refractivity contribution in [2.24, 2.45) is 0 Å². The zero-order valence-electron chi connectivity index (χ0n) is 9.27. The molecule has 0 saturated carbocycles. The Hall–Kier alpha value is -2.37. The summed E-state index contributed by atoms with van der Waals surface area (Å²) in [5.74, 6) is 0. The third-order valence-electron chi connectivity index (χ3n) is 2.81. The summed E-state index contributed by atoms with van der Waals surface area (Å²) in [6.45, 7) is 2.78. The van der Waals surface area contributed by atoms with E-state index in [4.69, 9.17) is 0 Å². The first-order valence-electron chi connectivity index (χ1n) is 5.37. The van der Waals surface area contributed by atoms with Crippen LogP contribution >= 0.6 is 0 Å². The first-order valence-corrected chi connectivity index (χ1v) is 5.37. The highest BCUT2D eigenvalue weighted by atomic mass is 16.1. The van der Waals surface area contributed by atoms with Crippen LogP contribution in [0.3, 0.4) is 0 Å². The van der Waals surface area contributed by atoms with Crippen LogP contribution in [0, 0.1) is 0 Å². The maximum atomic E-state index is 11.7.